The fourth-order valence-corrected chi connectivity index (χ4v) is 3.86. The summed E-state index contributed by atoms with van der Waals surface area (Å²) in [6.45, 7) is 2.40. The van der Waals surface area contributed by atoms with Crippen LogP contribution in [0.25, 0.3) is 0 Å². The SMILES string of the molecule is CCOc1ccc(NC(=O)[C@H]2CC(=O)Nc3nc(Nc4ccc(Cl)cc4Cl)[nH]c(=O)c32)cc1. The molecule has 2 amide bonds. The predicted octanol–water partition coefficient (Wildman–Crippen LogP) is 4.28. The number of carbonyl (C=O) groups is 2. The number of hydrogen-bond donors (Lipinski definition) is 4. The molecule has 11 heteroatoms. The van der Waals surface area contributed by atoms with E-state index in [9.17, 15) is 14.4 Å². The first kappa shape index (κ1) is 22.6. The number of nitrogens with one attached hydrogen (secondary N) is 4. The van der Waals surface area contributed by atoms with Crippen LogP contribution in [0.3, 0.4) is 0 Å². The van der Waals surface area contributed by atoms with Gasteiger partial charge in [0.25, 0.3) is 5.56 Å². The van der Waals surface area contributed by atoms with Crippen molar-refractivity contribution >= 4 is 58.2 Å². The molecule has 0 spiro atoms. The largest absolute Gasteiger partial charge is 0.494 e. The highest BCUT2D eigenvalue weighted by molar-refractivity contribution is 6.36. The molecule has 0 fully saturated rings. The number of ether oxygens (including phenoxy) is 1. The number of rotatable bonds is 6. The third-order valence-corrected chi connectivity index (χ3v) is 5.43. The van der Waals surface area contributed by atoms with E-state index < -0.39 is 23.3 Å². The quantitative estimate of drug-likeness (QED) is 0.411. The highest BCUT2D eigenvalue weighted by Gasteiger charge is 2.34. The first-order valence-corrected chi connectivity index (χ1v) is 10.8. The Balaban J connectivity index is 1.59. The van der Waals surface area contributed by atoms with Crippen LogP contribution in [-0.2, 0) is 9.59 Å². The molecule has 0 saturated carbocycles. The van der Waals surface area contributed by atoms with E-state index >= 15 is 0 Å². The van der Waals surface area contributed by atoms with E-state index in [1.807, 2.05) is 6.92 Å². The van der Waals surface area contributed by atoms with Crippen LogP contribution in [0.2, 0.25) is 10.0 Å². The molecule has 4 N–H and O–H groups in total. The summed E-state index contributed by atoms with van der Waals surface area (Å²) in [4.78, 5) is 44.9. The Hall–Kier alpha value is -3.56. The van der Waals surface area contributed by atoms with Crippen molar-refractivity contribution in [3.8, 4) is 5.75 Å². The number of anilines is 4. The number of amides is 2. The van der Waals surface area contributed by atoms with Gasteiger partial charge in [-0.1, -0.05) is 23.2 Å². The van der Waals surface area contributed by atoms with Gasteiger partial charge in [0.2, 0.25) is 17.8 Å². The highest BCUT2D eigenvalue weighted by atomic mass is 35.5. The zero-order valence-electron chi connectivity index (χ0n) is 17.4. The van der Waals surface area contributed by atoms with Gasteiger partial charge in [0.1, 0.15) is 11.6 Å². The Bertz CT molecular complexity index is 1280. The summed E-state index contributed by atoms with van der Waals surface area (Å²) < 4.78 is 5.39. The second-order valence-corrected chi connectivity index (χ2v) is 8.02. The van der Waals surface area contributed by atoms with E-state index in [1.54, 1.807) is 36.4 Å². The smallest absolute Gasteiger partial charge is 0.258 e. The fourth-order valence-electron chi connectivity index (χ4n) is 3.40. The number of carbonyl (C=O) groups excluding carboxylic acids is 2. The molecule has 33 heavy (non-hydrogen) atoms. The minimum Gasteiger partial charge on any atom is -0.494 e. The van der Waals surface area contributed by atoms with Crippen molar-refractivity contribution in [2.24, 2.45) is 0 Å². The summed E-state index contributed by atoms with van der Waals surface area (Å²) >= 11 is 12.1. The summed E-state index contributed by atoms with van der Waals surface area (Å²) in [7, 11) is 0. The van der Waals surface area contributed by atoms with E-state index in [1.165, 1.54) is 6.07 Å². The standard InChI is InChI=1S/C22H19Cl2N5O4/c1-2-33-13-6-4-12(5-7-13)25-20(31)14-10-17(30)27-19-18(14)21(32)29-22(28-19)26-16-8-3-11(23)9-15(16)24/h3-9,14H,2,10H2,1H3,(H,25,31)(H3,26,27,28,29,30,32)/t14-/m0/s1. The summed E-state index contributed by atoms with van der Waals surface area (Å²) in [5.74, 6) is -1.21. The molecule has 0 unspecified atom stereocenters. The molecule has 1 aliphatic rings. The van der Waals surface area contributed by atoms with Crippen LogP contribution < -0.4 is 26.2 Å². The molecule has 9 nitrogen and oxygen atoms in total. The molecule has 1 aromatic heterocycles. The topological polar surface area (TPSA) is 125 Å². The predicted molar refractivity (Wildman–Crippen MR) is 127 cm³/mol. The minimum atomic E-state index is -1.01. The van der Waals surface area contributed by atoms with Crippen LogP contribution in [0.4, 0.5) is 23.1 Å². The van der Waals surface area contributed by atoms with Crippen molar-refractivity contribution < 1.29 is 14.3 Å². The third kappa shape index (κ3) is 5.10. The number of nitrogens with zero attached hydrogens (tertiary/aromatic N) is 1. The average Bonchev–Trinajstić information content (AvgIpc) is 2.76. The molecular weight excluding hydrogens is 469 g/mol. The first-order chi connectivity index (χ1) is 15.8. The van der Waals surface area contributed by atoms with E-state index in [2.05, 4.69) is 25.9 Å². The number of aromatic amines is 1. The van der Waals surface area contributed by atoms with Gasteiger partial charge in [-0.3, -0.25) is 19.4 Å². The summed E-state index contributed by atoms with van der Waals surface area (Å²) in [5, 5.41) is 8.95. The number of aromatic nitrogens is 2. The molecule has 3 aromatic rings. The molecule has 0 radical (unpaired) electrons. The van der Waals surface area contributed by atoms with Gasteiger partial charge in [-0.05, 0) is 49.4 Å². The van der Waals surface area contributed by atoms with Crippen molar-refractivity contribution in [2.75, 3.05) is 22.6 Å². The van der Waals surface area contributed by atoms with Gasteiger partial charge >= 0.3 is 0 Å². The molecular formula is C22H19Cl2N5O4. The van der Waals surface area contributed by atoms with Crippen LogP contribution in [0.1, 0.15) is 24.8 Å². The van der Waals surface area contributed by atoms with Gasteiger partial charge in [0.05, 0.1) is 28.8 Å². The third-order valence-electron chi connectivity index (χ3n) is 4.88. The van der Waals surface area contributed by atoms with Crippen molar-refractivity contribution in [3.63, 3.8) is 0 Å². The number of halogens is 2. The van der Waals surface area contributed by atoms with Crippen molar-refractivity contribution in [1.29, 1.82) is 0 Å². The number of H-pyrrole nitrogens is 1. The second-order valence-electron chi connectivity index (χ2n) is 7.18. The van der Waals surface area contributed by atoms with Gasteiger partial charge in [0, 0.05) is 17.1 Å². The Morgan fingerprint density at radius 1 is 1.18 bits per heavy atom. The monoisotopic (exact) mass is 487 g/mol. The van der Waals surface area contributed by atoms with Gasteiger partial charge in [-0.25, -0.2) is 0 Å². The molecule has 1 aliphatic heterocycles. The van der Waals surface area contributed by atoms with Crippen LogP contribution in [0.15, 0.2) is 47.3 Å². The fraction of sp³-hybridized carbons (Fsp3) is 0.182. The van der Waals surface area contributed by atoms with Crippen molar-refractivity contribution in [2.45, 2.75) is 19.3 Å². The van der Waals surface area contributed by atoms with E-state index in [4.69, 9.17) is 27.9 Å². The Morgan fingerprint density at radius 2 is 1.94 bits per heavy atom. The van der Waals surface area contributed by atoms with Crippen molar-refractivity contribution in [3.05, 3.63) is 68.4 Å². The zero-order chi connectivity index (χ0) is 23.5. The van der Waals surface area contributed by atoms with Crippen LogP contribution >= 0.6 is 23.2 Å². The lowest BCUT2D eigenvalue weighted by molar-refractivity contribution is -0.123. The average molecular weight is 488 g/mol. The summed E-state index contributed by atoms with van der Waals surface area (Å²) in [5.41, 5.74) is 0.484. The molecule has 1 atom stereocenters. The van der Waals surface area contributed by atoms with Gasteiger partial charge in [-0.2, -0.15) is 4.98 Å². The lowest BCUT2D eigenvalue weighted by atomic mass is 9.92. The molecule has 4 rings (SSSR count). The number of fused-ring (bicyclic) bond motifs is 1. The minimum absolute atomic E-state index is 0.00873. The lowest BCUT2D eigenvalue weighted by Gasteiger charge is -2.23. The summed E-state index contributed by atoms with van der Waals surface area (Å²) in [6, 6.07) is 11.6. The maximum Gasteiger partial charge on any atom is 0.258 e. The normalized spacial score (nSPS) is 14.8. The zero-order valence-corrected chi connectivity index (χ0v) is 18.9. The number of hydrogen-bond acceptors (Lipinski definition) is 6. The highest BCUT2D eigenvalue weighted by Crippen LogP contribution is 2.31. The van der Waals surface area contributed by atoms with Crippen LogP contribution in [0.5, 0.6) is 5.75 Å². The van der Waals surface area contributed by atoms with Gasteiger partial charge in [-0.15, -0.1) is 0 Å². The maximum absolute atomic E-state index is 12.9. The molecule has 0 saturated heterocycles. The Kier molecular flexibility index (Phi) is 6.52. The molecule has 2 heterocycles. The van der Waals surface area contributed by atoms with Crippen LogP contribution in [-0.4, -0.2) is 28.4 Å². The molecule has 0 bridgehead atoms. The lowest BCUT2D eigenvalue weighted by Crippen LogP contribution is -2.36. The van der Waals surface area contributed by atoms with E-state index in [-0.39, 0.29) is 23.8 Å². The molecule has 170 valence electrons. The van der Waals surface area contributed by atoms with Gasteiger partial charge in [0.15, 0.2) is 0 Å². The Labute approximate surface area is 198 Å². The maximum atomic E-state index is 12.9. The number of benzene rings is 2. The summed E-state index contributed by atoms with van der Waals surface area (Å²) in [6.07, 6.45) is -0.184. The van der Waals surface area contributed by atoms with Crippen LogP contribution in [0, 0.1) is 0 Å². The van der Waals surface area contributed by atoms with E-state index in [0.29, 0.717) is 33.8 Å². The first-order valence-electron chi connectivity index (χ1n) is 10.0. The molecule has 2 aromatic carbocycles. The Morgan fingerprint density at radius 3 is 2.64 bits per heavy atom. The van der Waals surface area contributed by atoms with Crippen molar-refractivity contribution in [1.82, 2.24) is 9.97 Å². The molecule has 0 aliphatic carbocycles. The van der Waals surface area contributed by atoms with Gasteiger partial charge < -0.3 is 20.7 Å². The second kappa shape index (κ2) is 9.51. The van der Waals surface area contributed by atoms with E-state index in [0.717, 1.165) is 0 Å².